The van der Waals surface area contributed by atoms with Crippen LogP contribution < -0.4 is 4.72 Å². The van der Waals surface area contributed by atoms with Crippen LogP contribution in [0.15, 0.2) is 88.7 Å². The third kappa shape index (κ3) is 5.21. The molecule has 0 aliphatic rings. The van der Waals surface area contributed by atoms with E-state index >= 15 is 0 Å². The number of Topliss-reactive ketones (excluding diaryl/α,β-unsaturated/α-hetero) is 1. The summed E-state index contributed by atoms with van der Waals surface area (Å²) >= 11 is 1.42. The molecule has 0 amide bonds. The average molecular weight is 398 g/mol. The number of hydrogen-bond donors (Lipinski definition) is 1. The van der Waals surface area contributed by atoms with Crippen molar-refractivity contribution in [2.75, 3.05) is 10.5 Å². The normalized spacial score (nSPS) is 11.1. The van der Waals surface area contributed by atoms with E-state index < -0.39 is 10.0 Å². The highest BCUT2D eigenvalue weighted by Crippen LogP contribution is 2.23. The molecule has 0 radical (unpaired) electrons. The van der Waals surface area contributed by atoms with Gasteiger partial charge in [-0.1, -0.05) is 48.0 Å². The quantitative estimate of drug-likeness (QED) is 0.461. The summed E-state index contributed by atoms with van der Waals surface area (Å²) in [4.78, 5) is 13.3. The van der Waals surface area contributed by atoms with Gasteiger partial charge in [-0.05, 0) is 43.3 Å². The lowest BCUT2D eigenvalue weighted by Gasteiger charge is -2.09. The standard InChI is InChI=1S/C21H19NO3S2/c1-16-7-9-17(10-8-16)21(23)15-26-19-13-11-18(12-14-19)22-27(24,25)20-5-3-2-4-6-20/h2-14,22H,15H2,1H3. The maximum absolute atomic E-state index is 12.3. The zero-order valence-corrected chi connectivity index (χ0v) is 16.4. The molecule has 1 N–H and O–H groups in total. The zero-order chi connectivity index (χ0) is 19.3. The Morgan fingerprint density at radius 3 is 2.15 bits per heavy atom. The van der Waals surface area contributed by atoms with Gasteiger partial charge in [0.1, 0.15) is 0 Å². The summed E-state index contributed by atoms with van der Waals surface area (Å²) in [6, 6.07) is 22.7. The van der Waals surface area contributed by atoms with Gasteiger partial charge < -0.3 is 0 Å². The summed E-state index contributed by atoms with van der Waals surface area (Å²) in [7, 11) is -3.60. The summed E-state index contributed by atoms with van der Waals surface area (Å²) in [6.07, 6.45) is 0. The van der Waals surface area contributed by atoms with Crippen LogP contribution in [0, 0.1) is 6.92 Å². The van der Waals surface area contributed by atoms with Gasteiger partial charge in [0.25, 0.3) is 10.0 Å². The Labute approximate surface area is 163 Å². The maximum atomic E-state index is 12.3. The second-order valence-corrected chi connectivity index (χ2v) is 8.75. The van der Waals surface area contributed by atoms with Crippen molar-refractivity contribution >= 4 is 33.3 Å². The molecule has 27 heavy (non-hydrogen) atoms. The van der Waals surface area contributed by atoms with Crippen molar-refractivity contribution in [2.45, 2.75) is 16.7 Å². The van der Waals surface area contributed by atoms with Crippen LogP contribution in [0.2, 0.25) is 0 Å². The first-order valence-electron chi connectivity index (χ1n) is 8.35. The van der Waals surface area contributed by atoms with E-state index in [0.717, 1.165) is 10.5 Å². The van der Waals surface area contributed by atoms with Crippen molar-refractivity contribution in [2.24, 2.45) is 0 Å². The molecule has 0 atom stereocenters. The lowest BCUT2D eigenvalue weighted by atomic mass is 10.1. The van der Waals surface area contributed by atoms with Gasteiger partial charge in [-0.2, -0.15) is 0 Å². The number of ketones is 1. The van der Waals surface area contributed by atoms with E-state index in [4.69, 9.17) is 0 Å². The van der Waals surface area contributed by atoms with Gasteiger partial charge in [-0.3, -0.25) is 9.52 Å². The van der Waals surface area contributed by atoms with Crippen molar-refractivity contribution in [1.29, 1.82) is 0 Å². The number of nitrogens with one attached hydrogen (secondary N) is 1. The van der Waals surface area contributed by atoms with Crippen LogP contribution in [0.25, 0.3) is 0 Å². The fourth-order valence-corrected chi connectivity index (χ4v) is 4.28. The molecule has 3 rings (SSSR count). The van der Waals surface area contributed by atoms with E-state index in [0.29, 0.717) is 17.0 Å². The van der Waals surface area contributed by atoms with Gasteiger partial charge in [0.05, 0.1) is 10.6 Å². The Balaban J connectivity index is 1.60. The molecule has 138 valence electrons. The first-order chi connectivity index (χ1) is 12.9. The fraction of sp³-hybridized carbons (Fsp3) is 0.0952. The number of hydrogen-bond acceptors (Lipinski definition) is 4. The second-order valence-electron chi connectivity index (χ2n) is 6.02. The molecule has 3 aromatic rings. The molecular formula is C21H19NO3S2. The van der Waals surface area contributed by atoms with E-state index in [-0.39, 0.29) is 10.7 Å². The Bertz CT molecular complexity index is 1010. The van der Waals surface area contributed by atoms with Crippen molar-refractivity contribution in [1.82, 2.24) is 0 Å². The third-order valence-electron chi connectivity index (χ3n) is 3.90. The van der Waals surface area contributed by atoms with E-state index in [1.54, 1.807) is 54.6 Å². The second kappa shape index (κ2) is 8.41. The summed E-state index contributed by atoms with van der Waals surface area (Å²) in [5, 5.41) is 0. The molecule has 0 saturated heterocycles. The van der Waals surface area contributed by atoms with Crippen LogP contribution in [0.1, 0.15) is 15.9 Å². The van der Waals surface area contributed by atoms with Crippen LogP contribution in [-0.4, -0.2) is 20.0 Å². The molecule has 0 unspecified atom stereocenters. The van der Waals surface area contributed by atoms with Gasteiger partial charge in [0, 0.05) is 16.1 Å². The number of sulfonamides is 1. The molecule has 0 aliphatic heterocycles. The van der Waals surface area contributed by atoms with Gasteiger partial charge in [0.2, 0.25) is 0 Å². The molecule has 4 nitrogen and oxygen atoms in total. The zero-order valence-electron chi connectivity index (χ0n) is 14.8. The van der Waals surface area contributed by atoms with Crippen molar-refractivity contribution in [3.8, 4) is 0 Å². The molecular weight excluding hydrogens is 378 g/mol. The minimum Gasteiger partial charge on any atom is -0.293 e. The van der Waals surface area contributed by atoms with E-state index in [1.807, 2.05) is 31.2 Å². The Morgan fingerprint density at radius 1 is 0.889 bits per heavy atom. The predicted octanol–water partition coefficient (Wildman–Crippen LogP) is 4.77. The highest BCUT2D eigenvalue weighted by Gasteiger charge is 2.13. The van der Waals surface area contributed by atoms with Crippen LogP contribution in [-0.2, 0) is 10.0 Å². The van der Waals surface area contributed by atoms with E-state index in [2.05, 4.69) is 4.72 Å². The van der Waals surface area contributed by atoms with Crippen LogP contribution in [0.3, 0.4) is 0 Å². The Hall–Kier alpha value is -2.57. The molecule has 0 heterocycles. The first kappa shape index (κ1) is 19.2. The smallest absolute Gasteiger partial charge is 0.261 e. The molecule has 0 fully saturated rings. The maximum Gasteiger partial charge on any atom is 0.261 e. The molecule has 0 aliphatic carbocycles. The predicted molar refractivity (Wildman–Crippen MR) is 110 cm³/mol. The number of anilines is 1. The van der Waals surface area contributed by atoms with E-state index in [1.165, 1.54) is 11.8 Å². The number of aryl methyl sites for hydroxylation is 1. The van der Waals surface area contributed by atoms with Gasteiger partial charge in [-0.25, -0.2) is 8.42 Å². The van der Waals surface area contributed by atoms with Crippen LogP contribution in [0.5, 0.6) is 0 Å². The summed E-state index contributed by atoms with van der Waals surface area (Å²) in [6.45, 7) is 1.98. The summed E-state index contributed by atoms with van der Waals surface area (Å²) < 4.78 is 27.2. The summed E-state index contributed by atoms with van der Waals surface area (Å²) in [5.74, 6) is 0.395. The lowest BCUT2D eigenvalue weighted by Crippen LogP contribution is -2.12. The number of carbonyl (C=O) groups is 1. The Kier molecular flexibility index (Phi) is 5.98. The Morgan fingerprint density at radius 2 is 1.52 bits per heavy atom. The average Bonchev–Trinajstić information content (AvgIpc) is 2.68. The van der Waals surface area contributed by atoms with Crippen LogP contribution >= 0.6 is 11.8 Å². The number of benzene rings is 3. The van der Waals surface area contributed by atoms with Gasteiger partial charge in [0.15, 0.2) is 5.78 Å². The lowest BCUT2D eigenvalue weighted by molar-refractivity contribution is 0.102. The topological polar surface area (TPSA) is 63.2 Å². The fourth-order valence-electron chi connectivity index (χ4n) is 2.40. The van der Waals surface area contributed by atoms with Gasteiger partial charge in [-0.15, -0.1) is 11.8 Å². The monoisotopic (exact) mass is 397 g/mol. The minimum atomic E-state index is -3.60. The largest absolute Gasteiger partial charge is 0.293 e. The van der Waals surface area contributed by atoms with Crippen molar-refractivity contribution in [3.63, 3.8) is 0 Å². The number of rotatable bonds is 7. The molecule has 0 bridgehead atoms. The number of carbonyl (C=O) groups excluding carboxylic acids is 1. The highest BCUT2D eigenvalue weighted by molar-refractivity contribution is 8.00. The van der Waals surface area contributed by atoms with Crippen LogP contribution in [0.4, 0.5) is 5.69 Å². The van der Waals surface area contributed by atoms with Crippen molar-refractivity contribution < 1.29 is 13.2 Å². The number of thioether (sulfide) groups is 1. The van der Waals surface area contributed by atoms with Gasteiger partial charge >= 0.3 is 0 Å². The minimum absolute atomic E-state index is 0.0638. The third-order valence-corrected chi connectivity index (χ3v) is 6.31. The summed E-state index contributed by atoms with van der Waals surface area (Å²) in [5.41, 5.74) is 2.29. The molecule has 0 spiro atoms. The van der Waals surface area contributed by atoms with Crippen molar-refractivity contribution in [3.05, 3.63) is 90.0 Å². The molecule has 0 aromatic heterocycles. The highest BCUT2D eigenvalue weighted by atomic mass is 32.2. The molecule has 0 saturated carbocycles. The van der Waals surface area contributed by atoms with E-state index in [9.17, 15) is 13.2 Å². The molecule has 3 aromatic carbocycles. The SMILES string of the molecule is Cc1ccc(C(=O)CSc2ccc(NS(=O)(=O)c3ccccc3)cc2)cc1. The first-order valence-corrected chi connectivity index (χ1v) is 10.8. The molecule has 6 heteroatoms.